The molecule has 0 radical (unpaired) electrons. The number of nitrogens with zero attached hydrogens (tertiary/aromatic N) is 3. The van der Waals surface area contributed by atoms with E-state index >= 15 is 0 Å². The summed E-state index contributed by atoms with van der Waals surface area (Å²) in [5, 5.41) is 6.44. The summed E-state index contributed by atoms with van der Waals surface area (Å²) in [5.41, 5.74) is -1.83. The van der Waals surface area contributed by atoms with E-state index in [1.165, 1.54) is 36.5 Å². The molecule has 1 saturated heterocycles. The van der Waals surface area contributed by atoms with E-state index < -0.39 is 46.4 Å². The second-order valence-corrected chi connectivity index (χ2v) is 7.65. The summed E-state index contributed by atoms with van der Waals surface area (Å²) in [5.74, 6) is -0.843. The Morgan fingerprint density at radius 2 is 1.76 bits per heavy atom. The van der Waals surface area contributed by atoms with Crippen molar-refractivity contribution in [1.82, 2.24) is 15.1 Å². The maximum atomic E-state index is 14.9. The lowest BCUT2D eigenvalue weighted by molar-refractivity contribution is -0.122. The summed E-state index contributed by atoms with van der Waals surface area (Å²) >= 11 is 0. The van der Waals surface area contributed by atoms with Crippen LogP contribution in [0.25, 0.3) is 0 Å². The zero-order valence-corrected chi connectivity index (χ0v) is 17.4. The first-order valence-corrected chi connectivity index (χ1v) is 9.68. The van der Waals surface area contributed by atoms with Gasteiger partial charge in [0.05, 0.1) is 23.7 Å². The zero-order valence-electron chi connectivity index (χ0n) is 17.4. The largest absolute Gasteiger partial charge is 0.332 e. The highest BCUT2D eigenvalue weighted by atomic mass is 19.2. The second kappa shape index (κ2) is 8.09. The van der Waals surface area contributed by atoms with Gasteiger partial charge in [0.15, 0.2) is 23.3 Å². The Kier molecular flexibility index (Phi) is 5.41. The van der Waals surface area contributed by atoms with E-state index in [4.69, 9.17) is 0 Å². The molecule has 2 aromatic carbocycles. The molecule has 33 heavy (non-hydrogen) atoms. The molecule has 3 amide bonds. The van der Waals surface area contributed by atoms with Gasteiger partial charge < -0.3 is 4.90 Å². The number of benzene rings is 2. The Morgan fingerprint density at radius 3 is 2.39 bits per heavy atom. The van der Waals surface area contributed by atoms with Crippen LogP contribution in [-0.2, 0) is 10.3 Å². The number of nitrogens with one attached hydrogen (secondary N) is 1. The van der Waals surface area contributed by atoms with Gasteiger partial charge in [0.1, 0.15) is 5.69 Å². The van der Waals surface area contributed by atoms with Crippen LogP contribution in [-0.4, -0.2) is 34.1 Å². The van der Waals surface area contributed by atoms with Gasteiger partial charge >= 0.3 is 6.03 Å². The number of aromatic nitrogens is 2. The van der Waals surface area contributed by atoms with Gasteiger partial charge in [-0.15, -0.1) is 0 Å². The van der Waals surface area contributed by atoms with Crippen molar-refractivity contribution in [2.75, 3.05) is 11.9 Å². The van der Waals surface area contributed by atoms with Crippen molar-refractivity contribution in [2.45, 2.75) is 18.9 Å². The van der Waals surface area contributed by atoms with Gasteiger partial charge in [-0.2, -0.15) is 5.10 Å². The number of anilines is 1. The van der Waals surface area contributed by atoms with Gasteiger partial charge in [-0.25, -0.2) is 27.3 Å². The molecule has 0 aliphatic carbocycles. The van der Waals surface area contributed by atoms with Gasteiger partial charge in [-0.1, -0.05) is 17.9 Å². The number of imide groups is 1. The highest BCUT2D eigenvalue weighted by Crippen LogP contribution is 2.38. The third-order valence-electron chi connectivity index (χ3n) is 5.62. The lowest BCUT2D eigenvalue weighted by Gasteiger charge is -2.45. The fourth-order valence-corrected chi connectivity index (χ4v) is 3.61. The van der Waals surface area contributed by atoms with Gasteiger partial charge in [-0.3, -0.25) is 9.89 Å². The number of amides is 3. The Hall–Kier alpha value is -4.13. The first-order chi connectivity index (χ1) is 15.6. The fourth-order valence-electron chi connectivity index (χ4n) is 3.61. The van der Waals surface area contributed by atoms with E-state index in [1.54, 1.807) is 6.92 Å². The third kappa shape index (κ3) is 3.71. The van der Waals surface area contributed by atoms with Crippen molar-refractivity contribution in [1.29, 1.82) is 0 Å². The van der Waals surface area contributed by atoms with Gasteiger partial charge in [0, 0.05) is 24.4 Å². The average molecular weight is 456 g/mol. The molecule has 1 aromatic heterocycles. The predicted octanol–water partition coefficient (Wildman–Crippen LogP) is 4.07. The van der Waals surface area contributed by atoms with Crippen LogP contribution in [0.2, 0.25) is 0 Å². The van der Waals surface area contributed by atoms with Crippen LogP contribution in [0.15, 0.2) is 42.7 Å². The molecular formula is C23H16F4N4O2. The molecule has 0 saturated carbocycles. The average Bonchev–Trinajstić information content (AvgIpc) is 3.31. The van der Waals surface area contributed by atoms with E-state index in [-0.39, 0.29) is 17.5 Å². The first kappa shape index (κ1) is 22.1. The van der Waals surface area contributed by atoms with Crippen molar-refractivity contribution >= 4 is 17.6 Å². The molecule has 6 nitrogen and oxygen atoms in total. The molecule has 168 valence electrons. The minimum Gasteiger partial charge on any atom is -0.317 e. The summed E-state index contributed by atoms with van der Waals surface area (Å²) in [4.78, 5) is 27.5. The molecule has 0 spiro atoms. The number of hydrogen-bond donors (Lipinski definition) is 1. The number of urea groups is 1. The SMILES string of the molecule is CN1C(=O)N(c2c(F)cc(C#Cc3cccc(F)c3F)cc2F)C(=O)C[C@@]1(C)c1cn[nH]c1. The summed E-state index contributed by atoms with van der Waals surface area (Å²) in [7, 11) is 1.41. The Bertz CT molecular complexity index is 1310. The van der Waals surface area contributed by atoms with Crippen LogP contribution in [0.3, 0.4) is 0 Å². The lowest BCUT2D eigenvalue weighted by Crippen LogP contribution is -2.60. The minimum absolute atomic E-state index is 0.189. The molecule has 0 unspecified atom stereocenters. The normalized spacial score (nSPS) is 18.4. The van der Waals surface area contributed by atoms with Gasteiger partial charge in [0.25, 0.3) is 0 Å². The van der Waals surface area contributed by atoms with Crippen molar-refractivity contribution < 1.29 is 27.2 Å². The van der Waals surface area contributed by atoms with Crippen LogP contribution in [0, 0.1) is 35.1 Å². The number of hydrogen-bond acceptors (Lipinski definition) is 3. The zero-order chi connectivity index (χ0) is 23.9. The number of carbonyl (C=O) groups excluding carboxylic acids is 2. The van der Waals surface area contributed by atoms with Crippen molar-refractivity contribution in [3.63, 3.8) is 0 Å². The minimum atomic E-state index is -1.21. The second-order valence-electron chi connectivity index (χ2n) is 7.65. The predicted molar refractivity (Wildman–Crippen MR) is 110 cm³/mol. The molecule has 1 aliphatic rings. The number of rotatable bonds is 2. The molecule has 4 rings (SSSR count). The molecular weight excluding hydrogens is 440 g/mol. The first-order valence-electron chi connectivity index (χ1n) is 9.68. The summed E-state index contributed by atoms with van der Waals surface area (Å²) in [6.07, 6.45) is 2.75. The van der Waals surface area contributed by atoms with E-state index in [9.17, 15) is 27.2 Å². The van der Waals surface area contributed by atoms with Gasteiger partial charge in [-0.05, 0) is 31.2 Å². The lowest BCUT2D eigenvalue weighted by atomic mass is 9.87. The monoisotopic (exact) mass is 456 g/mol. The topological polar surface area (TPSA) is 69.3 Å². The Morgan fingerprint density at radius 1 is 1.06 bits per heavy atom. The highest BCUT2D eigenvalue weighted by molar-refractivity contribution is 6.16. The van der Waals surface area contributed by atoms with Gasteiger partial charge in [0.2, 0.25) is 5.91 Å². The van der Waals surface area contributed by atoms with E-state index in [1.807, 2.05) is 0 Å². The van der Waals surface area contributed by atoms with E-state index in [2.05, 4.69) is 22.0 Å². The van der Waals surface area contributed by atoms with E-state index in [0.717, 1.165) is 18.2 Å². The maximum absolute atomic E-state index is 14.9. The van der Waals surface area contributed by atoms with Crippen molar-refractivity contribution in [2.24, 2.45) is 0 Å². The number of halogens is 4. The van der Waals surface area contributed by atoms with E-state index in [0.29, 0.717) is 10.5 Å². The fraction of sp³-hybridized carbons (Fsp3) is 0.174. The van der Waals surface area contributed by atoms with Crippen LogP contribution < -0.4 is 4.90 Å². The van der Waals surface area contributed by atoms with Crippen molar-refractivity contribution in [3.8, 4) is 11.8 Å². The summed E-state index contributed by atoms with van der Waals surface area (Å²) in [6, 6.07) is 4.07. The summed E-state index contributed by atoms with van der Waals surface area (Å²) in [6.45, 7) is 1.64. The molecule has 1 atom stereocenters. The third-order valence-corrected chi connectivity index (χ3v) is 5.62. The molecule has 1 N–H and O–H groups in total. The molecule has 1 fully saturated rings. The Labute approximate surface area is 185 Å². The summed E-state index contributed by atoms with van der Waals surface area (Å²) < 4.78 is 56.8. The van der Waals surface area contributed by atoms with Crippen molar-refractivity contribution in [3.05, 3.63) is 82.7 Å². The number of aromatic amines is 1. The highest BCUT2D eigenvalue weighted by Gasteiger charge is 2.48. The maximum Gasteiger partial charge on any atom is 0.332 e. The Balaban J connectivity index is 1.68. The van der Waals surface area contributed by atoms with Crippen LogP contribution in [0.4, 0.5) is 28.0 Å². The number of H-pyrrole nitrogens is 1. The molecule has 3 aromatic rings. The van der Waals surface area contributed by atoms with Crippen LogP contribution >= 0.6 is 0 Å². The molecule has 2 heterocycles. The van der Waals surface area contributed by atoms with Crippen LogP contribution in [0.5, 0.6) is 0 Å². The number of carbonyl (C=O) groups is 2. The quantitative estimate of drug-likeness (QED) is 0.467. The molecule has 0 bridgehead atoms. The van der Waals surface area contributed by atoms with Crippen LogP contribution in [0.1, 0.15) is 30.0 Å². The molecule has 10 heteroatoms. The smallest absolute Gasteiger partial charge is 0.317 e. The molecule has 1 aliphatic heterocycles. The standard InChI is InChI=1S/C23H16F4N4O2/c1-23(15-11-28-29-12-15)10-19(32)31(22(33)30(23)2)21-17(25)8-13(9-18(21)26)6-7-14-4-3-5-16(24)20(14)27/h3-5,8-9,11-12H,10H2,1-2H3,(H,28,29)/t23-/m0/s1.